The Hall–Kier alpha value is 0.870. The molecule has 0 aromatic heterocycles. The molecule has 0 spiro atoms. The van der Waals surface area contributed by atoms with Crippen LogP contribution in [0.15, 0.2) is 0 Å². The minimum absolute atomic E-state index is 0. The molecule has 0 atom stereocenters. The minimum Gasteiger partial charge on any atom is -1.00 e. The van der Waals surface area contributed by atoms with Crippen LogP contribution < -0.4 is 34.7 Å². The van der Waals surface area contributed by atoms with Crippen LogP contribution >= 0.6 is 0 Å². The molecule has 2 N–H and O–H groups in total. The third-order valence-electron chi connectivity index (χ3n) is 1.30. The number of hydrogen-bond acceptors (Lipinski definition) is 3. The first-order valence-electron chi connectivity index (χ1n) is 4.15. The van der Waals surface area contributed by atoms with Crippen LogP contribution in [0.4, 0.5) is 0 Å². The van der Waals surface area contributed by atoms with Gasteiger partial charge in [-0.05, 0) is 25.7 Å². The maximum atomic E-state index is 10.7. The Morgan fingerprint density at radius 2 is 1.57 bits per heavy atom. The molecule has 0 aromatic carbocycles. The fourth-order valence-corrected chi connectivity index (χ4v) is 2.31. The molecule has 0 aromatic rings. The van der Waals surface area contributed by atoms with Crippen molar-refractivity contribution in [3.8, 4) is 0 Å². The summed E-state index contributed by atoms with van der Waals surface area (Å²) < 4.78 is 26.1. The molecule has 0 aliphatic rings. The second-order valence-electron chi connectivity index (χ2n) is 5.07. The predicted octanol–water partition coefficient (Wildman–Crippen LogP) is -1.46. The first-order chi connectivity index (χ1) is 5.41. The van der Waals surface area contributed by atoms with Gasteiger partial charge in [0.2, 0.25) is 0 Å². The summed E-state index contributed by atoms with van der Waals surface area (Å²) in [5, 5.41) is 4.79. The molecule has 0 bridgehead atoms. The van der Waals surface area contributed by atoms with Crippen molar-refractivity contribution in [2.45, 2.75) is 46.6 Å². The van der Waals surface area contributed by atoms with Gasteiger partial charge in [-0.1, -0.05) is 20.8 Å². The number of rotatable bonds is 3. The van der Waals surface area contributed by atoms with Crippen molar-refractivity contribution < 1.29 is 43.6 Å². The van der Waals surface area contributed by atoms with Crippen molar-refractivity contribution >= 4 is 10.3 Å². The predicted molar refractivity (Wildman–Crippen MR) is 53.5 cm³/mol. The van der Waals surface area contributed by atoms with Gasteiger partial charge >= 0.3 is 39.9 Å². The summed E-state index contributed by atoms with van der Waals surface area (Å²) in [6, 6.07) is 0. The van der Waals surface area contributed by atoms with Crippen LogP contribution in [0.1, 0.15) is 42.5 Å². The fourth-order valence-electron chi connectivity index (χ4n) is 1.62. The second kappa shape index (κ2) is 5.27. The Morgan fingerprint density at radius 1 is 1.21 bits per heavy atom. The normalized spacial score (nSPS) is 13.6. The molecular weight excluding hydrogens is 213 g/mol. The van der Waals surface area contributed by atoms with E-state index in [1.807, 2.05) is 20.8 Å². The quantitative estimate of drug-likeness (QED) is 0.606. The van der Waals surface area contributed by atoms with Crippen LogP contribution in [0.2, 0.25) is 0 Å². The van der Waals surface area contributed by atoms with E-state index in [1.54, 1.807) is 13.8 Å². The fraction of sp³-hybridized carbons (Fsp3) is 1.00. The van der Waals surface area contributed by atoms with Crippen LogP contribution in [0.5, 0.6) is 0 Å². The molecule has 0 radical (unpaired) electrons. The molecule has 0 fully saturated rings. The first-order valence-corrected chi connectivity index (χ1v) is 5.62. The Morgan fingerprint density at radius 3 is 1.79 bits per heavy atom. The molecule has 0 rings (SSSR count). The van der Waals surface area contributed by atoms with Gasteiger partial charge in [0.05, 0.1) is 5.60 Å². The van der Waals surface area contributed by atoms with E-state index in [-0.39, 0.29) is 36.4 Å². The van der Waals surface area contributed by atoms with E-state index in [9.17, 15) is 8.42 Å². The topological polar surface area (TPSA) is 69.4 Å². The molecule has 0 aliphatic heterocycles. The van der Waals surface area contributed by atoms with Gasteiger partial charge in [0.1, 0.15) is 0 Å². The molecule has 0 saturated heterocycles. The van der Waals surface area contributed by atoms with E-state index in [2.05, 4.69) is 0 Å². The van der Waals surface area contributed by atoms with Crippen molar-refractivity contribution in [3.63, 3.8) is 0 Å². The van der Waals surface area contributed by atoms with E-state index >= 15 is 0 Å². The van der Waals surface area contributed by atoms with E-state index < -0.39 is 15.9 Å². The molecule has 0 saturated carbocycles. The Balaban J connectivity index is -0.000000720. The molecule has 0 aliphatic carbocycles. The van der Waals surface area contributed by atoms with Crippen molar-refractivity contribution in [2.75, 3.05) is 0 Å². The van der Waals surface area contributed by atoms with E-state index in [0.29, 0.717) is 6.42 Å². The zero-order chi connectivity index (χ0) is 10.9. The van der Waals surface area contributed by atoms with Gasteiger partial charge in [-0.2, -0.15) is 8.42 Å². The average Bonchev–Trinajstić information content (AvgIpc) is 1.43. The molecule has 14 heavy (non-hydrogen) atoms. The Kier molecular flexibility index (Phi) is 6.51. The smallest absolute Gasteiger partial charge is 1.00 e. The summed E-state index contributed by atoms with van der Waals surface area (Å²) in [5.41, 5.74) is -0.736. The van der Waals surface area contributed by atoms with E-state index in [0.717, 1.165) is 0 Å². The molecule has 6 heteroatoms. The minimum atomic E-state index is -3.85. The maximum absolute atomic E-state index is 10.7. The largest absolute Gasteiger partial charge is 1.00 e. The molecular formula is C8H20NNaO3S. The standard InChI is InChI=1S/C8H19NO3S.Na.H/c1-7(2,3)6-8(4,5)12-13(9,10)11;;/h6H2,1-5H3,(H2,9,10,11);;/q;+1;-1. The summed E-state index contributed by atoms with van der Waals surface area (Å²) in [6.45, 7) is 9.47. The third kappa shape index (κ3) is 10.9. The summed E-state index contributed by atoms with van der Waals surface area (Å²) in [5.74, 6) is 0. The van der Waals surface area contributed by atoms with Crippen LogP contribution in [0.3, 0.4) is 0 Å². The van der Waals surface area contributed by atoms with E-state index in [1.165, 1.54) is 0 Å². The molecule has 0 unspecified atom stereocenters. The SMILES string of the molecule is CC(C)(C)CC(C)(C)OS(N)(=O)=O.[H-].[Na+]. The van der Waals surface area contributed by atoms with Crippen LogP contribution in [-0.4, -0.2) is 14.0 Å². The first kappa shape index (κ1) is 17.3. The Bertz CT molecular complexity index is 272. The number of nitrogens with two attached hydrogens (primary N) is 1. The molecule has 0 heterocycles. The molecule has 0 amide bonds. The van der Waals surface area contributed by atoms with Crippen molar-refractivity contribution in [3.05, 3.63) is 0 Å². The Labute approximate surface area is 111 Å². The van der Waals surface area contributed by atoms with Crippen LogP contribution in [0.25, 0.3) is 0 Å². The summed E-state index contributed by atoms with van der Waals surface area (Å²) in [4.78, 5) is 0. The van der Waals surface area contributed by atoms with Gasteiger partial charge in [-0.15, -0.1) is 0 Å². The van der Waals surface area contributed by atoms with Gasteiger partial charge in [-0.25, -0.2) is 5.14 Å². The van der Waals surface area contributed by atoms with Crippen molar-refractivity contribution in [1.29, 1.82) is 0 Å². The van der Waals surface area contributed by atoms with Gasteiger partial charge in [-0.3, -0.25) is 4.18 Å². The van der Waals surface area contributed by atoms with Gasteiger partial charge in [0.15, 0.2) is 0 Å². The molecule has 82 valence electrons. The van der Waals surface area contributed by atoms with Crippen LogP contribution in [0, 0.1) is 5.41 Å². The number of hydrogen-bond donors (Lipinski definition) is 1. The zero-order valence-electron chi connectivity index (χ0n) is 10.9. The monoisotopic (exact) mass is 233 g/mol. The third-order valence-corrected chi connectivity index (χ3v) is 1.98. The van der Waals surface area contributed by atoms with Crippen molar-refractivity contribution in [1.82, 2.24) is 0 Å². The summed E-state index contributed by atoms with van der Waals surface area (Å²) >= 11 is 0. The van der Waals surface area contributed by atoms with Crippen molar-refractivity contribution in [2.24, 2.45) is 10.6 Å². The molecule has 4 nitrogen and oxygen atoms in total. The zero-order valence-corrected chi connectivity index (χ0v) is 12.7. The van der Waals surface area contributed by atoms with E-state index in [4.69, 9.17) is 9.32 Å². The van der Waals surface area contributed by atoms with Gasteiger partial charge < -0.3 is 1.43 Å². The van der Waals surface area contributed by atoms with Gasteiger partial charge in [0.25, 0.3) is 0 Å². The van der Waals surface area contributed by atoms with Gasteiger partial charge in [0, 0.05) is 0 Å². The summed E-state index contributed by atoms with van der Waals surface area (Å²) in [6.07, 6.45) is 0.621. The summed E-state index contributed by atoms with van der Waals surface area (Å²) in [7, 11) is -3.85. The maximum Gasteiger partial charge on any atom is 1.00 e. The average molecular weight is 233 g/mol. The van der Waals surface area contributed by atoms with Crippen LogP contribution in [-0.2, 0) is 14.5 Å². The second-order valence-corrected chi connectivity index (χ2v) is 6.23.